The zero-order valence-electron chi connectivity index (χ0n) is 12.5. The Labute approximate surface area is 137 Å². The molecule has 0 saturated heterocycles. The van der Waals surface area contributed by atoms with E-state index in [-0.39, 0.29) is 5.41 Å². The molecule has 0 heterocycles. The standard InChI is InChI=1S/C17H20BrNOS/c1-17(2,3)12-7-9-13(10-8-12)21(20)11-14-15(18)5-4-6-16(14)19/h4-10H,11,19H2,1-3H3. The zero-order valence-corrected chi connectivity index (χ0v) is 14.9. The Balaban J connectivity index is 2.21. The van der Waals surface area contributed by atoms with Crippen molar-refractivity contribution in [1.82, 2.24) is 0 Å². The van der Waals surface area contributed by atoms with Crippen molar-refractivity contribution in [3.63, 3.8) is 0 Å². The van der Waals surface area contributed by atoms with Crippen LogP contribution in [0.4, 0.5) is 5.69 Å². The fraction of sp³-hybridized carbons (Fsp3) is 0.294. The fourth-order valence-electron chi connectivity index (χ4n) is 2.05. The first kappa shape index (κ1) is 16.2. The summed E-state index contributed by atoms with van der Waals surface area (Å²) in [5.74, 6) is 0.419. The van der Waals surface area contributed by atoms with Crippen molar-refractivity contribution in [2.45, 2.75) is 36.8 Å². The summed E-state index contributed by atoms with van der Waals surface area (Å²) >= 11 is 3.47. The van der Waals surface area contributed by atoms with Crippen LogP contribution in [0.15, 0.2) is 51.8 Å². The van der Waals surface area contributed by atoms with Crippen LogP contribution in [0.25, 0.3) is 0 Å². The Bertz CT molecular complexity index is 639. The minimum absolute atomic E-state index is 0.104. The summed E-state index contributed by atoms with van der Waals surface area (Å²) in [7, 11) is -1.10. The molecule has 21 heavy (non-hydrogen) atoms. The summed E-state index contributed by atoms with van der Waals surface area (Å²) in [6.45, 7) is 6.50. The average molecular weight is 366 g/mol. The Morgan fingerprint density at radius 3 is 2.24 bits per heavy atom. The van der Waals surface area contributed by atoms with Crippen LogP contribution in [0, 0.1) is 0 Å². The van der Waals surface area contributed by atoms with Gasteiger partial charge in [0.25, 0.3) is 0 Å². The van der Waals surface area contributed by atoms with Gasteiger partial charge in [-0.2, -0.15) is 0 Å². The van der Waals surface area contributed by atoms with Crippen molar-refractivity contribution < 1.29 is 4.21 Å². The molecule has 0 radical (unpaired) electrons. The Morgan fingerprint density at radius 1 is 1.10 bits per heavy atom. The molecule has 2 N–H and O–H groups in total. The lowest BCUT2D eigenvalue weighted by Crippen LogP contribution is -2.11. The van der Waals surface area contributed by atoms with Crippen molar-refractivity contribution in [3.8, 4) is 0 Å². The van der Waals surface area contributed by atoms with Gasteiger partial charge in [0.1, 0.15) is 0 Å². The summed E-state index contributed by atoms with van der Waals surface area (Å²) in [5, 5.41) is 0. The third-order valence-corrected chi connectivity index (χ3v) is 5.51. The second-order valence-corrected chi connectivity index (χ2v) is 8.38. The minimum atomic E-state index is -1.10. The van der Waals surface area contributed by atoms with Gasteiger partial charge in [0.05, 0.1) is 16.6 Å². The lowest BCUT2D eigenvalue weighted by atomic mass is 9.87. The van der Waals surface area contributed by atoms with Crippen LogP contribution in [-0.4, -0.2) is 4.21 Å². The Hall–Kier alpha value is -1.13. The van der Waals surface area contributed by atoms with Crippen LogP contribution >= 0.6 is 15.9 Å². The highest BCUT2D eigenvalue weighted by molar-refractivity contribution is 9.10. The average Bonchev–Trinajstić information content (AvgIpc) is 2.42. The summed E-state index contributed by atoms with van der Waals surface area (Å²) in [4.78, 5) is 0.832. The van der Waals surface area contributed by atoms with Gasteiger partial charge >= 0.3 is 0 Å². The monoisotopic (exact) mass is 365 g/mol. The second kappa shape index (κ2) is 6.32. The molecule has 0 amide bonds. The zero-order chi connectivity index (χ0) is 15.6. The van der Waals surface area contributed by atoms with Crippen molar-refractivity contribution in [3.05, 3.63) is 58.1 Å². The molecule has 2 aromatic rings. The van der Waals surface area contributed by atoms with E-state index in [1.807, 2.05) is 30.3 Å². The first-order valence-electron chi connectivity index (χ1n) is 6.81. The van der Waals surface area contributed by atoms with Gasteiger partial charge in [-0.25, -0.2) is 0 Å². The van der Waals surface area contributed by atoms with Gasteiger partial charge in [0, 0.05) is 20.6 Å². The number of nitrogen functional groups attached to an aromatic ring is 1. The molecule has 0 aliphatic rings. The molecule has 2 rings (SSSR count). The SMILES string of the molecule is CC(C)(C)c1ccc(S(=O)Cc2c(N)cccc2Br)cc1. The highest BCUT2D eigenvalue weighted by Crippen LogP contribution is 2.27. The largest absolute Gasteiger partial charge is 0.398 e. The van der Waals surface area contributed by atoms with E-state index in [9.17, 15) is 4.21 Å². The molecule has 0 fully saturated rings. The molecule has 4 heteroatoms. The maximum absolute atomic E-state index is 12.5. The Kier molecular flexibility index (Phi) is 4.89. The van der Waals surface area contributed by atoms with E-state index in [2.05, 4.69) is 48.8 Å². The maximum atomic E-state index is 12.5. The van der Waals surface area contributed by atoms with Gasteiger partial charge in [0.2, 0.25) is 0 Å². The van der Waals surface area contributed by atoms with Gasteiger partial charge in [0.15, 0.2) is 0 Å². The van der Waals surface area contributed by atoms with Crippen LogP contribution in [0.2, 0.25) is 0 Å². The van der Waals surface area contributed by atoms with Crippen LogP contribution in [0.1, 0.15) is 31.9 Å². The fourth-order valence-corrected chi connectivity index (χ4v) is 3.95. The molecule has 112 valence electrons. The van der Waals surface area contributed by atoms with E-state index >= 15 is 0 Å². The third kappa shape index (κ3) is 3.95. The Morgan fingerprint density at radius 2 is 1.71 bits per heavy atom. The summed E-state index contributed by atoms with van der Waals surface area (Å²) in [5.41, 5.74) is 8.88. The molecule has 2 nitrogen and oxygen atoms in total. The third-order valence-electron chi connectivity index (χ3n) is 3.41. The quantitative estimate of drug-likeness (QED) is 0.805. The second-order valence-electron chi connectivity index (χ2n) is 6.07. The number of benzene rings is 2. The molecular formula is C17H20BrNOS. The maximum Gasteiger partial charge on any atom is 0.0575 e. The number of anilines is 1. The van der Waals surface area contributed by atoms with Crippen LogP contribution in [0.5, 0.6) is 0 Å². The van der Waals surface area contributed by atoms with Gasteiger partial charge in [-0.1, -0.05) is 54.9 Å². The topological polar surface area (TPSA) is 43.1 Å². The van der Waals surface area contributed by atoms with E-state index in [1.54, 1.807) is 0 Å². The van der Waals surface area contributed by atoms with Crippen LogP contribution in [0.3, 0.4) is 0 Å². The molecule has 0 spiro atoms. The molecule has 1 unspecified atom stereocenters. The first-order chi connectivity index (χ1) is 9.79. The summed E-state index contributed by atoms with van der Waals surface area (Å²) in [6.07, 6.45) is 0. The molecule has 2 aromatic carbocycles. The lowest BCUT2D eigenvalue weighted by molar-refractivity contribution is 0.589. The van der Waals surface area contributed by atoms with E-state index in [4.69, 9.17) is 5.73 Å². The van der Waals surface area contributed by atoms with E-state index < -0.39 is 10.8 Å². The molecule has 0 aliphatic heterocycles. The van der Waals surface area contributed by atoms with E-state index in [0.29, 0.717) is 11.4 Å². The number of rotatable bonds is 3. The molecule has 0 bridgehead atoms. The van der Waals surface area contributed by atoms with Crippen LogP contribution in [-0.2, 0) is 22.0 Å². The van der Waals surface area contributed by atoms with Gasteiger partial charge in [-0.3, -0.25) is 4.21 Å². The smallest absolute Gasteiger partial charge is 0.0575 e. The molecule has 1 atom stereocenters. The van der Waals surface area contributed by atoms with Crippen molar-refractivity contribution >= 4 is 32.4 Å². The molecule has 0 aromatic heterocycles. The predicted molar refractivity (Wildman–Crippen MR) is 93.8 cm³/mol. The van der Waals surface area contributed by atoms with Crippen LogP contribution < -0.4 is 5.73 Å². The summed E-state index contributed by atoms with van der Waals surface area (Å²) < 4.78 is 13.4. The first-order valence-corrected chi connectivity index (χ1v) is 8.92. The number of hydrogen-bond acceptors (Lipinski definition) is 2. The van der Waals surface area contributed by atoms with E-state index in [1.165, 1.54) is 5.56 Å². The van der Waals surface area contributed by atoms with Gasteiger partial charge < -0.3 is 5.73 Å². The lowest BCUT2D eigenvalue weighted by Gasteiger charge is -2.19. The number of nitrogens with two attached hydrogens (primary N) is 1. The van der Waals surface area contributed by atoms with Crippen molar-refractivity contribution in [1.29, 1.82) is 0 Å². The summed E-state index contributed by atoms with van der Waals surface area (Å²) in [6, 6.07) is 13.6. The van der Waals surface area contributed by atoms with Crippen molar-refractivity contribution in [2.75, 3.05) is 5.73 Å². The van der Waals surface area contributed by atoms with Crippen molar-refractivity contribution in [2.24, 2.45) is 0 Å². The minimum Gasteiger partial charge on any atom is -0.398 e. The molecule has 0 saturated carbocycles. The molecule has 0 aliphatic carbocycles. The van der Waals surface area contributed by atoms with Gasteiger partial charge in [-0.05, 0) is 35.2 Å². The van der Waals surface area contributed by atoms with Gasteiger partial charge in [-0.15, -0.1) is 0 Å². The molecular weight excluding hydrogens is 346 g/mol. The number of hydrogen-bond donors (Lipinski definition) is 1. The predicted octanol–water partition coefficient (Wildman–Crippen LogP) is 4.64. The highest BCUT2D eigenvalue weighted by Gasteiger charge is 2.15. The highest BCUT2D eigenvalue weighted by atomic mass is 79.9. The van der Waals surface area contributed by atoms with E-state index in [0.717, 1.165) is 14.9 Å². The normalized spacial score (nSPS) is 13.1. The number of halogens is 1.